The molecule has 2 aliphatic rings. The first-order chi connectivity index (χ1) is 9.81. The minimum absolute atomic E-state index is 0.771. The molecule has 0 fully saturated rings. The molecule has 4 heteroatoms. The topological polar surface area (TPSA) is 44.5 Å². The molecule has 2 aromatic carbocycles. The van der Waals surface area contributed by atoms with Gasteiger partial charge in [0.15, 0.2) is 0 Å². The number of benzene rings is 2. The smallest absolute Gasteiger partial charge is 0.0791 e. The van der Waals surface area contributed by atoms with Crippen LogP contribution in [-0.4, -0.2) is 11.6 Å². The second-order valence-corrected chi connectivity index (χ2v) is 5.14. The van der Waals surface area contributed by atoms with Gasteiger partial charge >= 0.3 is 0 Å². The minimum atomic E-state index is 0.771. The number of hydrazine groups is 2. The number of fused-ring (bicyclic) bond motifs is 3. The molecule has 0 radical (unpaired) electrons. The first kappa shape index (κ1) is 11.4. The lowest BCUT2D eigenvalue weighted by Crippen LogP contribution is -2.42. The molecule has 2 heterocycles. The lowest BCUT2D eigenvalue weighted by Gasteiger charge is -2.29. The molecule has 0 saturated heterocycles. The average Bonchev–Trinajstić information content (AvgIpc) is 2.92. The third-order valence-corrected chi connectivity index (χ3v) is 3.82. The van der Waals surface area contributed by atoms with Crippen LogP contribution in [0.1, 0.15) is 11.1 Å². The van der Waals surface area contributed by atoms with Crippen molar-refractivity contribution in [3.8, 4) is 0 Å². The second-order valence-electron chi connectivity index (χ2n) is 5.14. The Morgan fingerprint density at radius 3 is 2.85 bits per heavy atom. The molecule has 20 heavy (non-hydrogen) atoms. The average molecular weight is 264 g/mol. The Labute approximate surface area is 118 Å². The predicted molar refractivity (Wildman–Crippen MR) is 81.3 cm³/mol. The Kier molecular flexibility index (Phi) is 2.44. The molecule has 4 nitrogen and oxygen atoms in total. The van der Waals surface area contributed by atoms with Gasteiger partial charge in [-0.1, -0.05) is 30.3 Å². The van der Waals surface area contributed by atoms with Crippen molar-refractivity contribution in [3.05, 3.63) is 65.9 Å². The zero-order valence-electron chi connectivity index (χ0n) is 11.1. The summed E-state index contributed by atoms with van der Waals surface area (Å²) in [7, 11) is 0. The monoisotopic (exact) mass is 264 g/mol. The van der Waals surface area contributed by atoms with E-state index >= 15 is 0 Å². The fourth-order valence-corrected chi connectivity index (χ4v) is 2.82. The van der Waals surface area contributed by atoms with Crippen LogP contribution >= 0.6 is 0 Å². The van der Waals surface area contributed by atoms with Crippen molar-refractivity contribution in [3.63, 3.8) is 0 Å². The summed E-state index contributed by atoms with van der Waals surface area (Å²) in [4.78, 5) is 0. The summed E-state index contributed by atoms with van der Waals surface area (Å²) in [6, 6.07) is 16.5. The third kappa shape index (κ3) is 1.73. The molecule has 0 saturated carbocycles. The summed E-state index contributed by atoms with van der Waals surface area (Å²) in [6.07, 6.45) is 3.19. The van der Waals surface area contributed by atoms with Crippen molar-refractivity contribution in [1.29, 1.82) is 0 Å². The minimum Gasteiger partial charge on any atom is -0.399 e. The van der Waals surface area contributed by atoms with E-state index in [1.807, 2.05) is 29.3 Å². The normalized spacial score (nSPS) is 16.7. The van der Waals surface area contributed by atoms with Crippen LogP contribution in [0.2, 0.25) is 0 Å². The van der Waals surface area contributed by atoms with Crippen LogP contribution < -0.4 is 16.3 Å². The molecule has 2 aliphatic heterocycles. The maximum Gasteiger partial charge on any atom is 0.0791 e. The highest BCUT2D eigenvalue weighted by Gasteiger charge is 2.27. The number of hydrogen-bond donors (Lipinski definition) is 2. The molecule has 0 spiro atoms. The molecule has 0 aliphatic carbocycles. The number of nitrogen functional groups attached to an aromatic ring is 1. The third-order valence-electron chi connectivity index (χ3n) is 3.82. The molecule has 0 amide bonds. The van der Waals surface area contributed by atoms with Crippen molar-refractivity contribution in [1.82, 2.24) is 10.5 Å². The number of anilines is 2. The SMILES string of the molecule is Nc1cccc(N2C=C3c4ccccc4CCN3N2)c1. The van der Waals surface area contributed by atoms with Crippen LogP contribution in [0.5, 0.6) is 0 Å². The zero-order chi connectivity index (χ0) is 13.5. The van der Waals surface area contributed by atoms with Gasteiger partial charge in [0.05, 0.1) is 11.4 Å². The summed E-state index contributed by atoms with van der Waals surface area (Å²) in [5.74, 6) is 0. The molecule has 100 valence electrons. The summed E-state index contributed by atoms with van der Waals surface area (Å²) < 4.78 is 0. The largest absolute Gasteiger partial charge is 0.399 e. The standard InChI is InChI=1S/C16H16N4/c17-13-5-3-6-14(10-13)20-11-16-15-7-2-1-4-12(15)8-9-19(16)18-20/h1-7,10-11,18H,8-9,17H2. The Bertz CT molecular complexity index is 692. The van der Waals surface area contributed by atoms with Crippen molar-refractivity contribution in [2.45, 2.75) is 6.42 Å². The lowest BCUT2D eigenvalue weighted by atomic mass is 9.98. The van der Waals surface area contributed by atoms with Gasteiger partial charge in [-0.05, 0) is 30.2 Å². The first-order valence-corrected chi connectivity index (χ1v) is 6.80. The van der Waals surface area contributed by atoms with Gasteiger partial charge < -0.3 is 5.73 Å². The highest BCUT2D eigenvalue weighted by atomic mass is 15.8. The van der Waals surface area contributed by atoms with Gasteiger partial charge in [-0.15, -0.1) is 5.53 Å². The molecule has 0 bridgehead atoms. The maximum absolute atomic E-state index is 5.86. The van der Waals surface area contributed by atoms with Crippen molar-refractivity contribution < 1.29 is 0 Å². The van der Waals surface area contributed by atoms with Crippen LogP contribution in [-0.2, 0) is 6.42 Å². The lowest BCUT2D eigenvalue weighted by molar-refractivity contribution is 0.307. The van der Waals surface area contributed by atoms with Gasteiger partial charge in [-0.25, -0.2) is 0 Å². The van der Waals surface area contributed by atoms with E-state index < -0.39 is 0 Å². The summed E-state index contributed by atoms with van der Waals surface area (Å²) in [5, 5.41) is 4.21. The fraction of sp³-hybridized carbons (Fsp3) is 0.125. The van der Waals surface area contributed by atoms with Crippen LogP contribution in [0, 0.1) is 0 Å². The Balaban J connectivity index is 1.74. The number of hydrogen-bond acceptors (Lipinski definition) is 4. The van der Waals surface area contributed by atoms with Gasteiger partial charge in [-0.2, -0.15) is 0 Å². The number of nitrogens with two attached hydrogens (primary N) is 1. The molecule has 0 aromatic heterocycles. The summed E-state index contributed by atoms with van der Waals surface area (Å²) in [6.45, 7) is 0.974. The second kappa shape index (κ2) is 4.28. The summed E-state index contributed by atoms with van der Waals surface area (Å²) in [5.41, 5.74) is 15.0. The van der Waals surface area contributed by atoms with Gasteiger partial charge in [-0.3, -0.25) is 10.0 Å². The Morgan fingerprint density at radius 2 is 1.95 bits per heavy atom. The highest BCUT2D eigenvalue weighted by Crippen LogP contribution is 2.32. The molecular formula is C16H16N4. The van der Waals surface area contributed by atoms with Crippen LogP contribution in [0.15, 0.2) is 54.7 Å². The molecule has 4 rings (SSSR count). The van der Waals surface area contributed by atoms with Gasteiger partial charge in [0.2, 0.25) is 0 Å². The number of rotatable bonds is 1. The Hall–Kier alpha value is -2.46. The van der Waals surface area contributed by atoms with Crippen molar-refractivity contribution in [2.75, 3.05) is 17.3 Å². The Morgan fingerprint density at radius 1 is 1.05 bits per heavy atom. The van der Waals surface area contributed by atoms with Gasteiger partial charge in [0.25, 0.3) is 0 Å². The van der Waals surface area contributed by atoms with Crippen LogP contribution in [0.3, 0.4) is 0 Å². The van der Waals surface area contributed by atoms with Gasteiger partial charge in [0, 0.05) is 24.0 Å². The highest BCUT2D eigenvalue weighted by molar-refractivity contribution is 5.73. The summed E-state index contributed by atoms with van der Waals surface area (Å²) >= 11 is 0. The van der Waals surface area contributed by atoms with E-state index in [0.717, 1.165) is 24.3 Å². The van der Waals surface area contributed by atoms with Crippen LogP contribution in [0.4, 0.5) is 11.4 Å². The van der Waals surface area contributed by atoms with Crippen molar-refractivity contribution >= 4 is 17.1 Å². The first-order valence-electron chi connectivity index (χ1n) is 6.80. The zero-order valence-corrected chi connectivity index (χ0v) is 11.1. The van der Waals surface area contributed by atoms with Gasteiger partial charge in [0.1, 0.15) is 0 Å². The number of nitrogens with one attached hydrogen (secondary N) is 1. The van der Waals surface area contributed by atoms with E-state index in [-0.39, 0.29) is 0 Å². The molecule has 2 aromatic rings. The maximum atomic E-state index is 5.86. The molecule has 0 unspecified atom stereocenters. The van der Waals surface area contributed by atoms with Crippen molar-refractivity contribution in [2.24, 2.45) is 0 Å². The van der Waals surface area contributed by atoms with E-state index in [9.17, 15) is 0 Å². The van der Waals surface area contributed by atoms with E-state index in [1.165, 1.54) is 16.8 Å². The molecule has 3 N–H and O–H groups in total. The van der Waals surface area contributed by atoms with E-state index in [4.69, 9.17) is 5.73 Å². The van der Waals surface area contributed by atoms with E-state index in [1.54, 1.807) is 0 Å². The number of nitrogens with zero attached hydrogens (tertiary/aromatic N) is 2. The fourth-order valence-electron chi connectivity index (χ4n) is 2.82. The molecule has 0 atom stereocenters. The van der Waals surface area contributed by atoms with E-state index in [2.05, 4.69) is 41.0 Å². The van der Waals surface area contributed by atoms with E-state index in [0.29, 0.717) is 0 Å². The quantitative estimate of drug-likeness (QED) is 0.776. The van der Waals surface area contributed by atoms with Crippen LogP contribution in [0.25, 0.3) is 5.70 Å². The predicted octanol–water partition coefficient (Wildman–Crippen LogP) is 2.37. The molecular weight excluding hydrogens is 248 g/mol.